The van der Waals surface area contributed by atoms with E-state index < -0.39 is 0 Å². The van der Waals surface area contributed by atoms with Gasteiger partial charge in [0.25, 0.3) is 5.91 Å². The van der Waals surface area contributed by atoms with Crippen molar-refractivity contribution in [3.63, 3.8) is 0 Å². The molecule has 25 heavy (non-hydrogen) atoms. The molecule has 0 unspecified atom stereocenters. The second-order valence-electron chi connectivity index (χ2n) is 6.16. The van der Waals surface area contributed by atoms with E-state index in [4.69, 9.17) is 9.47 Å². The van der Waals surface area contributed by atoms with E-state index in [0.717, 1.165) is 43.4 Å². The Labute approximate surface area is 151 Å². The van der Waals surface area contributed by atoms with Gasteiger partial charge in [0.1, 0.15) is 0 Å². The third-order valence-corrected chi connectivity index (χ3v) is 5.30. The van der Waals surface area contributed by atoms with Gasteiger partial charge in [0.2, 0.25) is 0 Å². The Balaban J connectivity index is 1.46. The number of amides is 1. The van der Waals surface area contributed by atoms with Crippen LogP contribution in [0.15, 0.2) is 29.8 Å². The number of hydrogen-bond acceptors (Lipinski definition) is 6. The molecule has 2 aliphatic heterocycles. The summed E-state index contributed by atoms with van der Waals surface area (Å²) in [6.07, 6.45) is 3.62. The number of nitrogens with zero attached hydrogens (tertiary/aromatic N) is 3. The van der Waals surface area contributed by atoms with E-state index in [1.165, 1.54) is 0 Å². The van der Waals surface area contributed by atoms with Gasteiger partial charge in [-0.25, -0.2) is 4.98 Å². The van der Waals surface area contributed by atoms with Crippen LogP contribution in [0.2, 0.25) is 0 Å². The lowest BCUT2D eigenvalue weighted by Crippen LogP contribution is -2.35. The summed E-state index contributed by atoms with van der Waals surface area (Å²) >= 11 is 1.64. The van der Waals surface area contributed by atoms with E-state index in [2.05, 4.69) is 9.88 Å². The Morgan fingerprint density at radius 1 is 1.04 bits per heavy atom. The average Bonchev–Trinajstić information content (AvgIpc) is 2.92. The summed E-state index contributed by atoms with van der Waals surface area (Å²) in [5, 5.41) is 3.02. The van der Waals surface area contributed by atoms with Crippen LogP contribution in [-0.4, -0.2) is 55.2 Å². The Hall–Kier alpha value is -2.28. The molecule has 0 spiro atoms. The minimum Gasteiger partial charge on any atom is -0.490 e. The molecule has 7 heteroatoms. The van der Waals surface area contributed by atoms with Gasteiger partial charge < -0.3 is 19.3 Å². The third-order valence-electron chi connectivity index (χ3n) is 4.47. The first-order chi connectivity index (χ1) is 12.3. The molecular weight excluding hydrogens is 338 g/mol. The second-order valence-corrected chi connectivity index (χ2v) is 7.03. The summed E-state index contributed by atoms with van der Waals surface area (Å²) in [6, 6.07) is 5.49. The minimum absolute atomic E-state index is 0.0524. The fourth-order valence-electron chi connectivity index (χ4n) is 3.16. The number of aromatic nitrogens is 1. The maximum atomic E-state index is 12.9. The molecule has 2 aliphatic rings. The SMILES string of the molecule is O=C(c1ccc2c(c1)OCCCO2)N1CCCN(c2nccs2)CC1. The zero-order valence-corrected chi connectivity index (χ0v) is 14.8. The van der Waals surface area contributed by atoms with Crippen molar-refractivity contribution in [1.29, 1.82) is 0 Å². The van der Waals surface area contributed by atoms with E-state index >= 15 is 0 Å². The van der Waals surface area contributed by atoms with Crippen LogP contribution >= 0.6 is 11.3 Å². The maximum absolute atomic E-state index is 12.9. The predicted molar refractivity (Wildman–Crippen MR) is 96.9 cm³/mol. The zero-order valence-electron chi connectivity index (χ0n) is 14.0. The molecule has 0 bridgehead atoms. The molecule has 4 rings (SSSR count). The summed E-state index contributed by atoms with van der Waals surface area (Å²) in [4.78, 5) is 21.5. The molecule has 0 N–H and O–H groups in total. The van der Waals surface area contributed by atoms with Crippen LogP contribution in [0, 0.1) is 0 Å². The first-order valence-corrected chi connectivity index (χ1v) is 9.52. The van der Waals surface area contributed by atoms with Crippen LogP contribution < -0.4 is 14.4 Å². The number of rotatable bonds is 2. The largest absolute Gasteiger partial charge is 0.490 e. The van der Waals surface area contributed by atoms with Gasteiger partial charge in [0.05, 0.1) is 13.2 Å². The lowest BCUT2D eigenvalue weighted by atomic mass is 10.1. The number of ether oxygens (including phenoxy) is 2. The smallest absolute Gasteiger partial charge is 0.254 e. The van der Waals surface area contributed by atoms with Crippen molar-refractivity contribution in [2.24, 2.45) is 0 Å². The van der Waals surface area contributed by atoms with Gasteiger partial charge in [-0.3, -0.25) is 4.79 Å². The van der Waals surface area contributed by atoms with E-state index in [0.29, 0.717) is 31.1 Å². The molecule has 132 valence electrons. The third kappa shape index (κ3) is 3.56. The van der Waals surface area contributed by atoms with Crippen molar-refractivity contribution in [1.82, 2.24) is 9.88 Å². The molecule has 1 fully saturated rings. The van der Waals surface area contributed by atoms with Gasteiger partial charge >= 0.3 is 0 Å². The van der Waals surface area contributed by atoms with Crippen LogP contribution in [0.3, 0.4) is 0 Å². The van der Waals surface area contributed by atoms with Crippen LogP contribution in [0.5, 0.6) is 11.5 Å². The topological polar surface area (TPSA) is 54.9 Å². The number of hydrogen-bond donors (Lipinski definition) is 0. The fraction of sp³-hybridized carbons (Fsp3) is 0.444. The molecule has 1 saturated heterocycles. The van der Waals surface area contributed by atoms with Crippen molar-refractivity contribution < 1.29 is 14.3 Å². The molecule has 0 radical (unpaired) electrons. The second kappa shape index (κ2) is 7.31. The Morgan fingerprint density at radius 2 is 1.92 bits per heavy atom. The van der Waals surface area contributed by atoms with E-state index in [-0.39, 0.29) is 5.91 Å². The highest BCUT2D eigenvalue weighted by Crippen LogP contribution is 2.31. The summed E-state index contributed by atoms with van der Waals surface area (Å²) in [5.41, 5.74) is 0.659. The van der Waals surface area contributed by atoms with E-state index in [1.54, 1.807) is 11.3 Å². The average molecular weight is 359 g/mol. The minimum atomic E-state index is 0.0524. The summed E-state index contributed by atoms with van der Waals surface area (Å²) in [5.74, 6) is 1.44. The van der Waals surface area contributed by atoms with Gasteiger partial charge in [0, 0.05) is 49.7 Å². The maximum Gasteiger partial charge on any atom is 0.254 e. The highest BCUT2D eigenvalue weighted by atomic mass is 32.1. The lowest BCUT2D eigenvalue weighted by Gasteiger charge is -2.22. The quantitative estimate of drug-likeness (QED) is 0.825. The Bertz CT molecular complexity index is 735. The van der Waals surface area contributed by atoms with Gasteiger partial charge in [-0.05, 0) is 24.6 Å². The molecule has 0 saturated carbocycles. The fourth-order valence-corrected chi connectivity index (χ4v) is 3.86. The van der Waals surface area contributed by atoms with Crippen LogP contribution in [0.4, 0.5) is 5.13 Å². The molecular formula is C18H21N3O3S. The normalized spacial score (nSPS) is 17.8. The standard InChI is InChI=1S/C18H21N3O3S/c22-17(14-3-4-15-16(13-14)24-11-2-10-23-15)20-6-1-7-21(9-8-20)18-19-5-12-25-18/h3-5,12-13H,1-2,6-11H2. The first kappa shape index (κ1) is 16.2. The van der Waals surface area contributed by atoms with Crippen LogP contribution in [-0.2, 0) is 0 Å². The van der Waals surface area contributed by atoms with Gasteiger partial charge in [0.15, 0.2) is 16.6 Å². The van der Waals surface area contributed by atoms with Crippen LogP contribution in [0.1, 0.15) is 23.2 Å². The van der Waals surface area contributed by atoms with Crippen molar-refractivity contribution in [3.8, 4) is 11.5 Å². The number of anilines is 1. The predicted octanol–water partition coefficient (Wildman–Crippen LogP) is 2.66. The van der Waals surface area contributed by atoms with Gasteiger partial charge in [-0.2, -0.15) is 0 Å². The zero-order chi connectivity index (χ0) is 17.1. The van der Waals surface area contributed by atoms with Crippen molar-refractivity contribution in [2.45, 2.75) is 12.8 Å². The molecule has 6 nitrogen and oxygen atoms in total. The highest BCUT2D eigenvalue weighted by molar-refractivity contribution is 7.13. The van der Waals surface area contributed by atoms with Crippen molar-refractivity contribution >= 4 is 22.4 Å². The molecule has 1 amide bonds. The van der Waals surface area contributed by atoms with E-state index in [9.17, 15) is 4.79 Å². The van der Waals surface area contributed by atoms with Gasteiger partial charge in [-0.15, -0.1) is 11.3 Å². The monoisotopic (exact) mass is 359 g/mol. The van der Waals surface area contributed by atoms with Crippen LogP contribution in [0.25, 0.3) is 0 Å². The molecule has 1 aromatic carbocycles. The number of benzene rings is 1. The first-order valence-electron chi connectivity index (χ1n) is 8.64. The van der Waals surface area contributed by atoms with Gasteiger partial charge in [-0.1, -0.05) is 0 Å². The van der Waals surface area contributed by atoms with Crippen molar-refractivity contribution in [3.05, 3.63) is 35.3 Å². The number of carbonyl (C=O) groups is 1. The molecule has 2 aromatic rings. The Kier molecular flexibility index (Phi) is 4.74. The Morgan fingerprint density at radius 3 is 2.76 bits per heavy atom. The number of thiazole rings is 1. The number of carbonyl (C=O) groups excluding carboxylic acids is 1. The summed E-state index contributed by atoms with van der Waals surface area (Å²) < 4.78 is 11.3. The van der Waals surface area contributed by atoms with E-state index in [1.807, 2.05) is 34.7 Å². The molecule has 0 aliphatic carbocycles. The molecule has 3 heterocycles. The van der Waals surface area contributed by atoms with Crippen molar-refractivity contribution in [2.75, 3.05) is 44.3 Å². The molecule has 1 aromatic heterocycles. The lowest BCUT2D eigenvalue weighted by molar-refractivity contribution is 0.0766. The molecule has 0 atom stereocenters. The summed E-state index contributed by atoms with van der Waals surface area (Å²) in [6.45, 7) is 4.47. The highest BCUT2D eigenvalue weighted by Gasteiger charge is 2.22. The number of fused-ring (bicyclic) bond motifs is 1. The summed E-state index contributed by atoms with van der Waals surface area (Å²) in [7, 11) is 0.